The molecular formula is C19H18N4O3. The number of amidine groups is 2. The van der Waals surface area contributed by atoms with Gasteiger partial charge in [0.05, 0.1) is 0 Å². The lowest BCUT2D eigenvalue weighted by Gasteiger charge is -2.03. The first-order valence-electron chi connectivity index (χ1n) is 7.78. The molecule has 0 aliphatic heterocycles. The van der Waals surface area contributed by atoms with Crippen LogP contribution in [0.5, 0.6) is 0 Å². The van der Waals surface area contributed by atoms with Gasteiger partial charge in [-0.25, -0.2) is 0 Å². The van der Waals surface area contributed by atoms with Crippen LogP contribution in [0, 0.1) is 0 Å². The van der Waals surface area contributed by atoms with Crippen molar-refractivity contribution in [2.75, 3.05) is 7.11 Å². The van der Waals surface area contributed by atoms with Gasteiger partial charge in [0.25, 0.3) is 0 Å². The number of nitrogens with two attached hydrogens (primary N) is 2. The first kappa shape index (κ1) is 17.1. The molecule has 0 aliphatic rings. The van der Waals surface area contributed by atoms with E-state index in [0.717, 1.165) is 28.2 Å². The molecule has 26 heavy (non-hydrogen) atoms. The van der Waals surface area contributed by atoms with Crippen molar-refractivity contribution in [3.63, 3.8) is 0 Å². The topological polar surface area (TPSA) is 119 Å². The lowest BCUT2D eigenvalue weighted by molar-refractivity contribution is 0.213. The Bertz CT molecular complexity index is 942. The van der Waals surface area contributed by atoms with Crippen molar-refractivity contribution in [3.05, 3.63) is 71.8 Å². The SMILES string of the molecule is CO/N=C(\N)c1ccc(-c2ccc(-c3ccc(/C(N)=N/O)cc3)o2)cc1. The van der Waals surface area contributed by atoms with Crippen molar-refractivity contribution < 1.29 is 14.5 Å². The van der Waals surface area contributed by atoms with Crippen LogP contribution < -0.4 is 11.5 Å². The average Bonchev–Trinajstić information content (AvgIpc) is 3.18. The van der Waals surface area contributed by atoms with Gasteiger partial charge >= 0.3 is 0 Å². The highest BCUT2D eigenvalue weighted by atomic mass is 16.6. The molecule has 7 nitrogen and oxygen atoms in total. The predicted octanol–water partition coefficient (Wildman–Crippen LogP) is 2.97. The Morgan fingerprint density at radius 3 is 1.69 bits per heavy atom. The lowest BCUT2D eigenvalue weighted by Crippen LogP contribution is -2.13. The molecule has 3 rings (SSSR count). The summed E-state index contributed by atoms with van der Waals surface area (Å²) in [5.41, 5.74) is 14.6. The molecule has 0 amide bonds. The summed E-state index contributed by atoms with van der Waals surface area (Å²) >= 11 is 0. The predicted molar refractivity (Wildman–Crippen MR) is 99.8 cm³/mol. The second kappa shape index (κ2) is 7.43. The number of nitrogens with zero attached hydrogens (tertiary/aromatic N) is 2. The summed E-state index contributed by atoms with van der Waals surface area (Å²) in [6.07, 6.45) is 0. The van der Waals surface area contributed by atoms with Gasteiger partial charge in [0, 0.05) is 22.3 Å². The van der Waals surface area contributed by atoms with Crippen LogP contribution in [-0.2, 0) is 4.84 Å². The van der Waals surface area contributed by atoms with Crippen LogP contribution >= 0.6 is 0 Å². The van der Waals surface area contributed by atoms with Gasteiger partial charge in [-0.1, -0.05) is 58.8 Å². The Hall–Kier alpha value is -3.74. The number of hydrogen-bond acceptors (Lipinski definition) is 5. The van der Waals surface area contributed by atoms with Crippen LogP contribution in [0.25, 0.3) is 22.6 Å². The third-order valence-electron chi connectivity index (χ3n) is 3.83. The van der Waals surface area contributed by atoms with E-state index in [2.05, 4.69) is 15.1 Å². The minimum absolute atomic E-state index is 0.0630. The maximum Gasteiger partial charge on any atom is 0.170 e. The average molecular weight is 350 g/mol. The molecule has 0 spiro atoms. The maximum absolute atomic E-state index is 8.71. The standard InChI is InChI=1S/C19H18N4O3/c1-25-23-19(21)15-8-4-13(5-9-15)17-11-10-16(26-17)12-2-6-14(7-3-12)18(20)22-24/h2-11,24H,1H3,(H2,20,22)(H2,21,23). The summed E-state index contributed by atoms with van der Waals surface area (Å²) < 4.78 is 5.93. The number of rotatable bonds is 5. The molecule has 0 saturated heterocycles. The van der Waals surface area contributed by atoms with Crippen molar-refractivity contribution >= 4 is 11.7 Å². The fourth-order valence-corrected chi connectivity index (χ4v) is 2.47. The minimum atomic E-state index is 0.0630. The Balaban J connectivity index is 1.82. The number of benzene rings is 2. The first-order valence-corrected chi connectivity index (χ1v) is 7.78. The Morgan fingerprint density at radius 2 is 1.27 bits per heavy atom. The van der Waals surface area contributed by atoms with E-state index in [4.69, 9.17) is 21.1 Å². The Morgan fingerprint density at radius 1 is 0.808 bits per heavy atom. The largest absolute Gasteiger partial charge is 0.456 e. The van der Waals surface area contributed by atoms with E-state index in [1.807, 2.05) is 48.5 Å². The molecule has 0 unspecified atom stereocenters. The monoisotopic (exact) mass is 350 g/mol. The molecular weight excluding hydrogens is 332 g/mol. The van der Waals surface area contributed by atoms with Gasteiger partial charge in [0.15, 0.2) is 11.7 Å². The normalized spacial score (nSPS) is 12.2. The number of hydrogen-bond donors (Lipinski definition) is 3. The fraction of sp³-hybridized carbons (Fsp3) is 0.0526. The quantitative estimate of drug-likeness (QED) is 0.283. The first-order chi connectivity index (χ1) is 12.6. The summed E-state index contributed by atoms with van der Waals surface area (Å²) in [6.45, 7) is 0. The van der Waals surface area contributed by atoms with Crippen molar-refractivity contribution in [2.45, 2.75) is 0 Å². The maximum atomic E-state index is 8.71. The van der Waals surface area contributed by atoms with Crippen LogP contribution in [0.4, 0.5) is 0 Å². The third-order valence-corrected chi connectivity index (χ3v) is 3.83. The van der Waals surface area contributed by atoms with Gasteiger partial charge in [0.1, 0.15) is 18.6 Å². The Kier molecular flexibility index (Phi) is 4.89. The van der Waals surface area contributed by atoms with Crippen molar-refractivity contribution in [2.24, 2.45) is 21.8 Å². The van der Waals surface area contributed by atoms with Crippen LogP contribution in [0.2, 0.25) is 0 Å². The van der Waals surface area contributed by atoms with Crippen LogP contribution in [0.1, 0.15) is 11.1 Å². The minimum Gasteiger partial charge on any atom is -0.456 e. The third kappa shape index (κ3) is 3.51. The van der Waals surface area contributed by atoms with Crippen molar-refractivity contribution in [1.29, 1.82) is 0 Å². The molecule has 3 aromatic rings. The van der Waals surface area contributed by atoms with E-state index in [9.17, 15) is 0 Å². The smallest absolute Gasteiger partial charge is 0.170 e. The zero-order valence-corrected chi connectivity index (χ0v) is 14.1. The molecule has 1 aromatic heterocycles. The van der Waals surface area contributed by atoms with Gasteiger partial charge in [-0.15, -0.1) is 0 Å². The summed E-state index contributed by atoms with van der Waals surface area (Å²) in [5.74, 6) is 1.82. The summed E-state index contributed by atoms with van der Waals surface area (Å²) in [7, 11) is 1.45. The molecule has 0 radical (unpaired) electrons. The van der Waals surface area contributed by atoms with Crippen LogP contribution in [-0.4, -0.2) is 24.0 Å². The highest BCUT2D eigenvalue weighted by Crippen LogP contribution is 2.28. The van der Waals surface area contributed by atoms with E-state index in [0.29, 0.717) is 11.4 Å². The van der Waals surface area contributed by atoms with E-state index in [1.165, 1.54) is 7.11 Å². The van der Waals surface area contributed by atoms with Crippen LogP contribution in [0.3, 0.4) is 0 Å². The lowest BCUT2D eigenvalue weighted by atomic mass is 10.1. The van der Waals surface area contributed by atoms with E-state index in [-0.39, 0.29) is 5.84 Å². The molecule has 132 valence electrons. The van der Waals surface area contributed by atoms with Crippen molar-refractivity contribution in [1.82, 2.24) is 0 Å². The molecule has 2 aromatic carbocycles. The van der Waals surface area contributed by atoms with Crippen LogP contribution in [0.15, 0.2) is 75.4 Å². The van der Waals surface area contributed by atoms with E-state index >= 15 is 0 Å². The van der Waals surface area contributed by atoms with Gasteiger partial charge in [-0.3, -0.25) is 0 Å². The van der Waals surface area contributed by atoms with E-state index < -0.39 is 0 Å². The zero-order valence-electron chi connectivity index (χ0n) is 14.1. The number of furan rings is 1. The molecule has 0 bridgehead atoms. The van der Waals surface area contributed by atoms with Gasteiger partial charge in [-0.2, -0.15) is 0 Å². The molecule has 7 heteroatoms. The second-order valence-corrected chi connectivity index (χ2v) is 5.46. The van der Waals surface area contributed by atoms with E-state index in [1.54, 1.807) is 12.1 Å². The molecule has 0 fully saturated rings. The highest BCUT2D eigenvalue weighted by molar-refractivity contribution is 5.98. The molecule has 0 aliphatic carbocycles. The molecule has 0 atom stereocenters. The zero-order chi connectivity index (χ0) is 18.5. The second-order valence-electron chi connectivity index (χ2n) is 5.46. The summed E-state index contributed by atoms with van der Waals surface area (Å²) in [4.78, 5) is 4.67. The Labute approximate surface area is 150 Å². The number of oxime groups is 2. The van der Waals surface area contributed by atoms with Gasteiger partial charge in [-0.05, 0) is 12.1 Å². The highest BCUT2D eigenvalue weighted by Gasteiger charge is 2.08. The summed E-state index contributed by atoms with van der Waals surface area (Å²) in [6, 6.07) is 18.5. The molecule has 0 saturated carbocycles. The van der Waals surface area contributed by atoms with Gasteiger partial charge < -0.3 is 25.9 Å². The van der Waals surface area contributed by atoms with Crippen molar-refractivity contribution in [3.8, 4) is 22.6 Å². The molecule has 5 N–H and O–H groups in total. The molecule has 1 heterocycles. The fourth-order valence-electron chi connectivity index (χ4n) is 2.47. The van der Waals surface area contributed by atoms with Gasteiger partial charge in [0.2, 0.25) is 0 Å². The summed E-state index contributed by atoms with van der Waals surface area (Å²) in [5, 5.41) is 15.4.